The zero-order chi connectivity index (χ0) is 35.0. The van der Waals surface area contributed by atoms with E-state index in [4.69, 9.17) is 4.74 Å². The molecule has 3 aliphatic rings. The Morgan fingerprint density at radius 2 is 1.48 bits per heavy atom. The topological polar surface area (TPSA) is 90.4 Å². The number of aliphatic hydroxyl groups excluding tert-OH is 1. The summed E-state index contributed by atoms with van der Waals surface area (Å²) >= 11 is 0. The van der Waals surface area contributed by atoms with Crippen LogP contribution in [0.4, 0.5) is 11.4 Å². The number of hydrogen-bond donors (Lipinski definition) is 1. The number of fused-ring (bicyclic) bond motifs is 2. The molecule has 50 heavy (non-hydrogen) atoms. The van der Waals surface area contributed by atoms with Crippen molar-refractivity contribution >= 4 is 39.9 Å². The Labute approximate surface area is 293 Å². The fourth-order valence-corrected chi connectivity index (χ4v) is 8.72. The van der Waals surface area contributed by atoms with Crippen LogP contribution in [-0.4, -0.2) is 70.7 Å². The highest BCUT2D eigenvalue weighted by atomic mass is 16.5. The molecule has 1 N–H and O–H groups in total. The van der Waals surface area contributed by atoms with Gasteiger partial charge in [0.05, 0.1) is 30.1 Å². The van der Waals surface area contributed by atoms with Crippen LogP contribution in [0.1, 0.15) is 25.3 Å². The normalized spacial score (nSPS) is 25.7. The Morgan fingerprint density at radius 1 is 0.860 bits per heavy atom. The summed E-state index contributed by atoms with van der Waals surface area (Å²) in [4.78, 5) is 50.0. The molecule has 256 valence electrons. The fraction of sp³-hybridized carbons (Fsp3) is 0.310. The highest BCUT2D eigenvalue weighted by Crippen LogP contribution is 2.64. The van der Waals surface area contributed by atoms with Gasteiger partial charge in [0.15, 0.2) is 0 Å². The van der Waals surface area contributed by atoms with E-state index >= 15 is 9.59 Å². The number of amides is 3. The third-order valence-electron chi connectivity index (χ3n) is 10.9. The number of hydrogen-bond acceptors (Lipinski definition) is 5. The van der Waals surface area contributed by atoms with Crippen LogP contribution in [0.2, 0.25) is 0 Å². The maximum absolute atomic E-state index is 15.3. The van der Waals surface area contributed by atoms with Gasteiger partial charge < -0.3 is 24.5 Å². The van der Waals surface area contributed by atoms with Gasteiger partial charge in [0.1, 0.15) is 11.6 Å². The van der Waals surface area contributed by atoms with Crippen molar-refractivity contribution in [2.75, 3.05) is 29.5 Å². The molecular formula is C42H43N3O5. The van der Waals surface area contributed by atoms with Gasteiger partial charge in [-0.2, -0.15) is 0 Å². The molecule has 1 spiro atoms. The molecule has 8 heteroatoms. The van der Waals surface area contributed by atoms with Crippen molar-refractivity contribution in [3.05, 3.63) is 134 Å². The van der Waals surface area contributed by atoms with Crippen molar-refractivity contribution in [2.45, 2.75) is 49.5 Å². The van der Waals surface area contributed by atoms with Crippen molar-refractivity contribution in [1.29, 1.82) is 0 Å². The predicted molar refractivity (Wildman–Crippen MR) is 196 cm³/mol. The fourth-order valence-electron chi connectivity index (χ4n) is 8.72. The van der Waals surface area contributed by atoms with Crippen LogP contribution in [0.5, 0.6) is 0 Å². The summed E-state index contributed by atoms with van der Waals surface area (Å²) in [5.41, 5.74) is 0.0238. The minimum Gasteiger partial charge on any atom is -0.394 e. The van der Waals surface area contributed by atoms with Crippen LogP contribution in [0.3, 0.4) is 0 Å². The van der Waals surface area contributed by atoms with Crippen molar-refractivity contribution in [2.24, 2.45) is 11.8 Å². The van der Waals surface area contributed by atoms with Gasteiger partial charge in [0.2, 0.25) is 11.8 Å². The standard InChI is InChI=1S/C42H43N3O5/c1-4-24-43(32-18-10-7-11-19-32)38(47)35-36-39(48)45(34(28-46)26-29-14-8-6-9-15-29)37(42(36)23-22-41(35,3)50-42)40(49)44(25-5-2)33-21-20-30-16-12-13-17-31(30)27-33/h4-21,27,34-37,46H,1-2,22-26,28H2,3H3/t34-,35+,36+,37?,41-,42?/m1/s1. The Bertz CT molecular complexity index is 1930. The average Bonchev–Trinajstić information content (AvgIpc) is 3.72. The van der Waals surface area contributed by atoms with E-state index in [9.17, 15) is 9.90 Å². The minimum absolute atomic E-state index is 0.194. The summed E-state index contributed by atoms with van der Waals surface area (Å²) in [6.07, 6.45) is 4.60. The van der Waals surface area contributed by atoms with Gasteiger partial charge in [0, 0.05) is 24.5 Å². The molecule has 3 amide bonds. The number of aliphatic hydroxyl groups is 1. The van der Waals surface area contributed by atoms with Crippen LogP contribution in [0, 0.1) is 11.8 Å². The van der Waals surface area contributed by atoms with Crippen LogP contribution < -0.4 is 9.80 Å². The zero-order valence-electron chi connectivity index (χ0n) is 28.4. The Hall–Kier alpha value is -5.05. The van der Waals surface area contributed by atoms with Crippen molar-refractivity contribution in [3.8, 4) is 0 Å². The molecule has 6 atom stereocenters. The molecule has 4 aromatic carbocycles. The van der Waals surface area contributed by atoms with Gasteiger partial charge in [-0.25, -0.2) is 0 Å². The largest absolute Gasteiger partial charge is 0.394 e. The molecule has 3 fully saturated rings. The van der Waals surface area contributed by atoms with E-state index in [0.717, 1.165) is 16.3 Å². The molecule has 3 heterocycles. The molecule has 3 aliphatic heterocycles. The molecule has 0 aromatic heterocycles. The van der Waals surface area contributed by atoms with Crippen LogP contribution in [0.25, 0.3) is 10.8 Å². The summed E-state index contributed by atoms with van der Waals surface area (Å²) in [5, 5.41) is 13.0. The Kier molecular flexibility index (Phi) is 8.93. The number of nitrogens with zero attached hydrogens (tertiary/aromatic N) is 3. The lowest BCUT2D eigenvalue weighted by Crippen LogP contribution is -2.59. The van der Waals surface area contributed by atoms with E-state index in [-0.39, 0.29) is 37.4 Å². The summed E-state index contributed by atoms with van der Waals surface area (Å²) in [7, 11) is 0. The quantitative estimate of drug-likeness (QED) is 0.189. The van der Waals surface area contributed by atoms with Crippen molar-refractivity contribution < 1.29 is 24.2 Å². The van der Waals surface area contributed by atoms with Crippen LogP contribution >= 0.6 is 0 Å². The molecule has 0 radical (unpaired) electrons. The lowest BCUT2D eigenvalue weighted by atomic mass is 9.66. The smallest absolute Gasteiger partial charge is 0.253 e. The first-order valence-electron chi connectivity index (χ1n) is 17.3. The third-order valence-corrected chi connectivity index (χ3v) is 10.9. The van der Waals surface area contributed by atoms with E-state index in [2.05, 4.69) is 13.2 Å². The second-order valence-corrected chi connectivity index (χ2v) is 13.8. The highest BCUT2D eigenvalue weighted by molar-refractivity contribution is 6.07. The third kappa shape index (κ3) is 5.43. The number of ether oxygens (including phenoxy) is 1. The molecule has 2 unspecified atom stereocenters. The predicted octanol–water partition coefficient (Wildman–Crippen LogP) is 5.95. The van der Waals surface area contributed by atoms with Gasteiger partial charge in [-0.15, -0.1) is 13.2 Å². The van der Waals surface area contributed by atoms with E-state index in [0.29, 0.717) is 30.6 Å². The Balaban J connectivity index is 1.35. The van der Waals surface area contributed by atoms with Crippen LogP contribution in [-0.2, 0) is 25.5 Å². The summed E-state index contributed by atoms with van der Waals surface area (Å²) in [6, 6.07) is 30.9. The highest BCUT2D eigenvalue weighted by Gasteiger charge is 2.79. The minimum atomic E-state index is -1.28. The lowest BCUT2D eigenvalue weighted by Gasteiger charge is -2.39. The van der Waals surface area contributed by atoms with Gasteiger partial charge in [-0.3, -0.25) is 14.4 Å². The first-order chi connectivity index (χ1) is 24.3. The number of carbonyl (C=O) groups excluding carboxylic acids is 3. The maximum atomic E-state index is 15.3. The molecule has 0 saturated carbocycles. The first kappa shape index (κ1) is 33.4. The van der Waals surface area contributed by atoms with Gasteiger partial charge in [-0.05, 0) is 66.8 Å². The molecule has 8 nitrogen and oxygen atoms in total. The Morgan fingerprint density at radius 3 is 2.14 bits per heavy atom. The van der Waals surface area contributed by atoms with Gasteiger partial charge >= 0.3 is 0 Å². The lowest BCUT2D eigenvalue weighted by molar-refractivity contribution is -0.148. The van der Waals surface area contributed by atoms with E-state index in [1.165, 1.54) is 0 Å². The first-order valence-corrected chi connectivity index (χ1v) is 17.3. The number of likely N-dealkylation sites (tertiary alicyclic amines) is 1. The summed E-state index contributed by atoms with van der Waals surface area (Å²) in [6.45, 7) is 9.83. The van der Waals surface area contributed by atoms with Crippen molar-refractivity contribution in [1.82, 2.24) is 4.90 Å². The summed E-state index contributed by atoms with van der Waals surface area (Å²) < 4.78 is 6.99. The number of para-hydroxylation sites is 1. The average molecular weight is 670 g/mol. The molecule has 4 aromatic rings. The van der Waals surface area contributed by atoms with E-state index in [1.807, 2.05) is 110 Å². The van der Waals surface area contributed by atoms with E-state index in [1.54, 1.807) is 26.9 Å². The second-order valence-electron chi connectivity index (χ2n) is 13.8. The number of benzene rings is 4. The van der Waals surface area contributed by atoms with E-state index < -0.39 is 35.1 Å². The summed E-state index contributed by atoms with van der Waals surface area (Å²) in [5.74, 6) is -2.69. The molecule has 3 saturated heterocycles. The zero-order valence-corrected chi connectivity index (χ0v) is 28.4. The maximum Gasteiger partial charge on any atom is 0.253 e. The van der Waals surface area contributed by atoms with Crippen LogP contribution in [0.15, 0.2) is 128 Å². The van der Waals surface area contributed by atoms with Gasteiger partial charge in [-0.1, -0.05) is 91.0 Å². The monoisotopic (exact) mass is 669 g/mol. The molecule has 2 bridgehead atoms. The van der Waals surface area contributed by atoms with Gasteiger partial charge in [0.25, 0.3) is 5.91 Å². The molecule has 0 aliphatic carbocycles. The SMILES string of the molecule is C=CCN(C(=O)C1N([C@@H](CO)Cc2ccccc2)C(=O)[C@@H]2[C@@H](C(=O)N(CC=C)c3ccccc3)[C@@]3(C)CCC12O3)c1ccc2ccccc2c1. The number of anilines is 2. The number of carbonyl (C=O) groups is 3. The second kappa shape index (κ2) is 13.3. The molecule has 7 rings (SSSR count). The van der Waals surface area contributed by atoms with Crippen molar-refractivity contribution in [3.63, 3.8) is 0 Å². The number of rotatable bonds is 12. The molecular weight excluding hydrogens is 626 g/mol.